The van der Waals surface area contributed by atoms with Gasteiger partial charge in [0.15, 0.2) is 18.2 Å². The zero-order chi connectivity index (χ0) is 102. The summed E-state index contributed by atoms with van der Waals surface area (Å²) in [5, 5.41) is 72.6. The minimum absolute atomic E-state index is 0. The summed E-state index contributed by atoms with van der Waals surface area (Å²) in [5.41, 5.74) is 19.9. The predicted molar refractivity (Wildman–Crippen MR) is 616 cm³/mol. The van der Waals surface area contributed by atoms with E-state index in [0.717, 1.165) is 133 Å². The van der Waals surface area contributed by atoms with E-state index in [1.807, 2.05) is 183 Å². The van der Waals surface area contributed by atoms with Crippen LogP contribution in [0.4, 0.5) is 59.6 Å². The van der Waals surface area contributed by atoms with E-state index in [0.29, 0.717) is 27.8 Å². The Kier molecular flexibility index (Phi) is 90.8. The average molecular weight is 2170 g/mol. The van der Waals surface area contributed by atoms with E-state index < -0.39 is 50.9 Å². The van der Waals surface area contributed by atoms with Crippen LogP contribution in [0.2, 0.25) is 15.1 Å². The number of piperazine rings is 1. The molecule has 1 fully saturated rings. The first-order chi connectivity index (χ1) is 63.8. The fourth-order valence-corrected chi connectivity index (χ4v) is 11.8. The van der Waals surface area contributed by atoms with E-state index >= 15 is 0 Å². The number of urea groups is 1. The van der Waals surface area contributed by atoms with Gasteiger partial charge < -0.3 is 61.0 Å². The lowest BCUT2D eigenvalue weighted by Gasteiger charge is -2.29. The van der Waals surface area contributed by atoms with Crippen molar-refractivity contribution in [2.24, 2.45) is 5.73 Å². The highest BCUT2D eigenvalue weighted by Gasteiger charge is 2.31. The number of nitro benzene ring substituents is 2. The molecule has 14 rings (SSSR count). The van der Waals surface area contributed by atoms with Crippen molar-refractivity contribution in [3.63, 3.8) is 0 Å². The largest absolute Gasteiger partial charge is 0.573 e. The number of phenols is 3. The lowest BCUT2D eigenvalue weighted by molar-refractivity contribution is -0.385. The number of hydrogen-bond donors (Lipinski definition) is 9. The smallest absolute Gasteiger partial charge is 0.508 e. The number of non-ortho nitro benzene ring substituents is 1. The second kappa shape index (κ2) is 84.7. The first kappa shape index (κ1) is 160. The number of aromatic carboxylic acids is 1. The number of anilines is 3. The summed E-state index contributed by atoms with van der Waals surface area (Å²) in [6.07, 6.45) is -3.47. The van der Waals surface area contributed by atoms with Crippen molar-refractivity contribution < 1.29 is 98.7 Å². The number of ether oxygens (including phenoxy) is 3. The fourth-order valence-electron chi connectivity index (χ4n) is 10.6. The van der Waals surface area contributed by atoms with Gasteiger partial charge in [-0.2, -0.15) is 0 Å². The summed E-state index contributed by atoms with van der Waals surface area (Å²) in [4.78, 5) is 53.5. The molecule has 13 aromatic carbocycles. The first-order valence-electron chi connectivity index (χ1n) is 41.0. The fraction of sp³-hybridized carbons (Fsp3) is 0.296. The molecule has 0 bridgehead atoms. The number of sulfonamides is 1. The number of phenolic OH excluding ortho intramolecular Hbond substituents is 3. The molecule has 0 radical (unpaired) electrons. The van der Waals surface area contributed by atoms with Gasteiger partial charge >= 0.3 is 24.3 Å². The zero-order valence-electron chi connectivity index (χ0n) is 77.5. The van der Waals surface area contributed by atoms with Crippen molar-refractivity contribution in [1.82, 2.24) is 5.32 Å². The van der Waals surface area contributed by atoms with Gasteiger partial charge in [0.2, 0.25) is 10.0 Å². The van der Waals surface area contributed by atoms with Gasteiger partial charge in [-0.1, -0.05) is 269 Å². The van der Waals surface area contributed by atoms with Gasteiger partial charge in [0, 0.05) is 76.9 Å². The van der Waals surface area contributed by atoms with Gasteiger partial charge in [-0.3, -0.25) is 25.0 Å². The number of carboxylic acids is 2. The maximum Gasteiger partial charge on any atom is 0.573 e. The lowest BCUT2D eigenvalue weighted by atomic mass is 10.1. The maximum absolute atomic E-state index is 12.2. The number of hydrogen-bond acceptors (Lipinski definition) is 17. The number of methoxy groups -OCH3 is 1. The maximum atomic E-state index is 12.2. The summed E-state index contributed by atoms with van der Waals surface area (Å²) in [5.74, 6) is -2.00. The van der Waals surface area contributed by atoms with E-state index in [1.54, 1.807) is 126 Å². The number of alkyl halides is 3. The first-order valence-corrected chi connectivity index (χ1v) is 44.0. The van der Waals surface area contributed by atoms with Crippen LogP contribution < -0.4 is 40.2 Å². The standard InChI is InChI=1S/C11H15N3O2.C9H10O3.C8H7F3O.C8H10N2O.C8H7NO4.C8H11NO2S.C8H10O.C7H6Cl2.C7H7Cl.C7H6F2.C7H7F.C7H8O2.C7H8O.13CH4/c1-9-2-3-10(11(8-9)14(15)16)13-6-4-12-5-7-13;1-7-2-4-8(5-3-7)12-6-9(10)11;1-6-2-4-7(5-3-6)12-8(9,10)11;1-6-3-2-4-7(5-6)10-8(9)11;1-5-2-6(8(10)11)4-7(3-5)9(12)13;1-7-4-3-5-8(6-7)9-12(2,10)11;1-7-3-5-8(9-2)6-4-7;1-5-2-3-6(8)4-7(5)9;1-6-3-2-4-7(8)5-6;1-5-2-3-6(8)7(9)4-5;1-6-2-4-7(8)5-3-6;1-5-2-6(8)4-7(9)3-5;1-6-3-2-4-7(8)5-6;;;;;;;;;;;;;/h2-3,8,12H,4-7H2,1H3;2-5H,6H2,1H3,(H,10,11);2-5H,1H3;2-5H,1H3,(H3,9,10,11);2-4H,1H3,(H,10,11);3-6,9H,1-2H3;3-6H,1-2H3;2-4H,1H3;2-5H,1H3;2-4H,1H3;2-5H,1H3;2-4,8-9H,1H3;2-5,8H,1H3;13*1H4. The number of aromatic hydroxyl groups is 3. The van der Waals surface area contributed by atoms with Crippen molar-refractivity contribution in [2.75, 3.05) is 61.1 Å². The summed E-state index contributed by atoms with van der Waals surface area (Å²) in [7, 11) is -1.47. The number of carbonyl (C=O) groups is 3. The second-order valence-corrected chi connectivity index (χ2v) is 32.9. The zero-order valence-corrected chi connectivity index (χ0v) is 80.6. The second-order valence-electron chi connectivity index (χ2n) is 29.9. The summed E-state index contributed by atoms with van der Waals surface area (Å²) in [6, 6.07) is 79.2. The molecular weight excluding hydrogens is 2000 g/mol. The Hall–Kier alpha value is -14.4. The van der Waals surface area contributed by atoms with Crippen molar-refractivity contribution >= 4 is 91.2 Å². The number of primary amides is 1. The predicted octanol–water partition coefficient (Wildman–Crippen LogP) is 33.9. The Bertz CT molecular complexity index is 5770. The Morgan fingerprint density at radius 1 is 0.436 bits per heavy atom. The van der Waals surface area contributed by atoms with Gasteiger partial charge in [0.25, 0.3) is 11.4 Å². The minimum atomic E-state index is -4.60. The number of nitro groups is 2. The molecular formula is C115H164Cl3F6N7O17S. The van der Waals surface area contributed by atoms with Gasteiger partial charge in [0.1, 0.15) is 46.0 Å². The Morgan fingerprint density at radius 2 is 0.832 bits per heavy atom. The number of halogens is 9. The summed E-state index contributed by atoms with van der Waals surface area (Å²) < 4.78 is 109. The van der Waals surface area contributed by atoms with Crippen LogP contribution in [-0.4, -0.2) is 114 Å². The molecule has 0 aliphatic carbocycles. The quantitative estimate of drug-likeness (QED) is 0.0312. The molecule has 13 aromatic rings. The Labute approximate surface area is 899 Å². The molecule has 0 spiro atoms. The van der Waals surface area contributed by atoms with Crippen molar-refractivity contribution in [3.8, 4) is 34.5 Å². The Morgan fingerprint density at radius 3 is 1.19 bits per heavy atom. The van der Waals surface area contributed by atoms with Crippen LogP contribution in [0.15, 0.2) is 285 Å². The molecule has 10 N–H and O–H groups in total. The third-order valence-corrected chi connectivity index (χ3v) is 18.5. The highest BCUT2D eigenvalue weighted by molar-refractivity contribution is 7.92. The van der Waals surface area contributed by atoms with Crippen LogP contribution in [-0.2, 0) is 14.8 Å². The molecule has 0 unspecified atom stereocenters. The van der Waals surface area contributed by atoms with Crippen LogP contribution in [0, 0.1) is 128 Å². The molecule has 0 aromatic heterocycles. The average Bonchev–Trinajstić information content (AvgIpc) is 0.819. The van der Waals surface area contributed by atoms with Gasteiger partial charge in [-0.05, 0) is 286 Å². The number of amides is 2. The number of rotatable bonds is 12. The van der Waals surface area contributed by atoms with Crippen LogP contribution >= 0.6 is 34.8 Å². The van der Waals surface area contributed by atoms with Gasteiger partial charge in [-0.15, -0.1) is 13.2 Å². The molecule has 1 aliphatic rings. The monoisotopic (exact) mass is 2170 g/mol. The molecule has 24 nitrogen and oxygen atoms in total. The minimum Gasteiger partial charge on any atom is -0.508 e. The number of nitrogens with zero attached hydrogens (tertiary/aromatic N) is 3. The van der Waals surface area contributed by atoms with Gasteiger partial charge in [-0.25, -0.2) is 36.0 Å². The van der Waals surface area contributed by atoms with E-state index in [2.05, 4.69) is 31.9 Å². The molecule has 830 valence electrons. The number of nitrogens with two attached hydrogens (primary N) is 1. The third-order valence-electron chi connectivity index (χ3n) is 17.1. The summed E-state index contributed by atoms with van der Waals surface area (Å²) in [6.45, 7) is 27.6. The molecule has 0 saturated carbocycles. The molecule has 149 heavy (non-hydrogen) atoms. The number of nitrogens with one attached hydrogen (secondary N) is 3. The topological polar surface area (TPSA) is 366 Å². The van der Waals surface area contributed by atoms with E-state index in [4.69, 9.17) is 75.5 Å². The summed E-state index contributed by atoms with van der Waals surface area (Å²) >= 11 is 17.0. The van der Waals surface area contributed by atoms with Crippen molar-refractivity contribution in [3.05, 3.63) is 416 Å². The molecule has 1 heterocycles. The Balaban J connectivity index is -0.000000136. The van der Waals surface area contributed by atoms with E-state index in [-0.39, 0.29) is 148 Å². The third kappa shape index (κ3) is 76.8. The lowest BCUT2D eigenvalue weighted by Crippen LogP contribution is -2.43. The molecule has 34 heteroatoms. The molecule has 2 amide bonds. The number of aryl methyl sites for hydroxylation is 13. The molecule has 1 saturated heterocycles. The van der Waals surface area contributed by atoms with E-state index in [1.165, 1.54) is 59.7 Å². The number of carboxylic acid groups (broad SMARTS) is 2. The normalized spacial score (nSPS) is 9.60. The van der Waals surface area contributed by atoms with Crippen molar-refractivity contribution in [1.29, 1.82) is 0 Å². The number of benzene rings is 13. The van der Waals surface area contributed by atoms with Crippen LogP contribution in [0.25, 0.3) is 0 Å². The highest BCUT2D eigenvalue weighted by Crippen LogP contribution is 2.30. The highest BCUT2D eigenvalue weighted by atomic mass is 35.5. The van der Waals surface area contributed by atoms with Gasteiger partial charge in [0.05, 0.1) is 28.8 Å². The van der Waals surface area contributed by atoms with Crippen LogP contribution in [0.3, 0.4) is 0 Å². The van der Waals surface area contributed by atoms with Crippen LogP contribution in [0.1, 0.15) is 179 Å². The molecule has 1 aliphatic heterocycles. The van der Waals surface area contributed by atoms with Crippen molar-refractivity contribution in [2.45, 2.75) is 193 Å². The SMILES string of the molecule is C.C.C.C.C.C.C.C.C.C.C.C.C.COc1ccc(C)cc1.Cc1cc(C(=O)O)cc([N+](=O)[O-])c1.Cc1cc(O)cc(O)c1.Cc1ccc(Cl)cc1Cl.Cc1ccc(F)c(F)c1.Cc1ccc(F)cc1.Cc1ccc(N2CCNCC2)c([N+](=O)[O-])c1.Cc1ccc(OC(F)(F)F)cc1.Cc1ccc(OCC(=O)O)cc1.Cc1cccc(Cl)c1.Cc1cccc(NC(N)=O)c1.Cc1cccc(NS(C)(=O)=O)c1.Cc1cccc(O)c1. The van der Waals surface area contributed by atoms with Crippen LogP contribution in [0.5, 0.6) is 34.5 Å². The molecule has 0 atom stereocenters. The van der Waals surface area contributed by atoms with E-state index in [9.17, 15) is 69.4 Å². The number of carbonyl (C=O) groups excluding carboxylic acids is 1. The number of aliphatic carboxylic acids is 1.